The van der Waals surface area contributed by atoms with Gasteiger partial charge in [-0.3, -0.25) is 14.4 Å². The highest BCUT2D eigenvalue weighted by Gasteiger charge is 2.47. The number of rotatable bonds is 10. The lowest BCUT2D eigenvalue weighted by Gasteiger charge is -2.51. The Morgan fingerprint density at radius 3 is 2.27 bits per heavy atom. The molecule has 3 saturated heterocycles. The van der Waals surface area contributed by atoms with E-state index in [4.69, 9.17) is 18.3 Å². The van der Waals surface area contributed by atoms with Crippen molar-refractivity contribution >= 4 is 18.7 Å². The molecule has 3 fully saturated rings. The van der Waals surface area contributed by atoms with Gasteiger partial charge in [0.1, 0.15) is 23.4 Å². The zero-order valence-electron chi connectivity index (χ0n) is 22.5. The van der Waals surface area contributed by atoms with E-state index >= 15 is 0 Å². The third-order valence-electron chi connectivity index (χ3n) is 7.96. The normalized spacial score (nSPS) is 22.9. The zero-order chi connectivity index (χ0) is 27.5. The van der Waals surface area contributed by atoms with E-state index < -0.39 is 13.9 Å². The molecular formula is C32H33N2O5P. The molecule has 8 heteroatoms. The first-order valence-electron chi connectivity index (χ1n) is 13.6. The second-order valence-corrected chi connectivity index (χ2v) is 11.8. The zero-order valence-corrected chi connectivity index (χ0v) is 23.4. The molecule has 7 nitrogen and oxygen atoms in total. The summed E-state index contributed by atoms with van der Waals surface area (Å²) < 4.78 is 38.9. The van der Waals surface area contributed by atoms with E-state index in [-0.39, 0.29) is 6.04 Å². The van der Waals surface area contributed by atoms with Gasteiger partial charge in [0.25, 0.3) is 0 Å². The van der Waals surface area contributed by atoms with E-state index in [2.05, 4.69) is 22.5 Å². The van der Waals surface area contributed by atoms with Gasteiger partial charge in [-0.1, -0.05) is 42.5 Å². The van der Waals surface area contributed by atoms with Crippen LogP contribution in [0.3, 0.4) is 0 Å². The molecule has 4 aromatic rings. The molecule has 3 aliphatic heterocycles. The molecule has 4 heterocycles. The Morgan fingerprint density at radius 1 is 0.975 bits per heavy atom. The monoisotopic (exact) mass is 556 g/mol. The van der Waals surface area contributed by atoms with Crippen molar-refractivity contribution in [3.05, 3.63) is 109 Å². The standard InChI is InChI=1S/C32H33N2O5P/c1-3-23-22-34-19-17-24(23)20-31(34)32(28-16-18-33-30-15-14-27(36-2)21-29(28)30)39-40(35,37-25-10-6-4-7-11-25)38-26-12-8-5-9-13-26/h3-16,18,21,23-24,31-32H,1,17,19-20,22H2,2H3/t23?,24?,31?,32-/m1/s1. The summed E-state index contributed by atoms with van der Waals surface area (Å²) in [5.74, 6) is 2.42. The van der Waals surface area contributed by atoms with Crippen LogP contribution in [-0.4, -0.2) is 36.1 Å². The van der Waals surface area contributed by atoms with Gasteiger partial charge in [0, 0.05) is 24.2 Å². The van der Waals surface area contributed by atoms with Crippen LogP contribution >= 0.6 is 7.82 Å². The number of benzene rings is 3. The van der Waals surface area contributed by atoms with Crippen LogP contribution in [0.1, 0.15) is 24.5 Å². The molecule has 4 unspecified atom stereocenters. The van der Waals surface area contributed by atoms with Crippen LogP contribution in [0.2, 0.25) is 0 Å². The fourth-order valence-corrected chi connectivity index (χ4v) is 7.39. The van der Waals surface area contributed by atoms with Crippen molar-refractivity contribution in [1.82, 2.24) is 9.88 Å². The Balaban J connectivity index is 1.45. The number of ether oxygens (including phenoxy) is 1. The molecule has 40 heavy (non-hydrogen) atoms. The van der Waals surface area contributed by atoms with Gasteiger partial charge in [-0.2, -0.15) is 0 Å². The van der Waals surface area contributed by atoms with E-state index in [0.717, 1.165) is 42.4 Å². The summed E-state index contributed by atoms with van der Waals surface area (Å²) in [6, 6.07) is 25.7. The maximum Gasteiger partial charge on any atom is 0.588 e. The highest BCUT2D eigenvalue weighted by molar-refractivity contribution is 7.49. The minimum absolute atomic E-state index is 0.0428. The molecule has 0 spiro atoms. The lowest BCUT2D eigenvalue weighted by Crippen LogP contribution is -2.55. The predicted molar refractivity (Wildman–Crippen MR) is 156 cm³/mol. The van der Waals surface area contributed by atoms with E-state index in [1.807, 2.05) is 60.7 Å². The van der Waals surface area contributed by atoms with Crippen LogP contribution in [0.15, 0.2) is 104 Å². The quantitative estimate of drug-likeness (QED) is 0.148. The Morgan fingerprint density at radius 2 is 1.68 bits per heavy atom. The van der Waals surface area contributed by atoms with Crippen molar-refractivity contribution in [1.29, 1.82) is 0 Å². The summed E-state index contributed by atoms with van der Waals surface area (Å²) in [6.07, 6.45) is 5.20. The Bertz CT molecular complexity index is 1470. The SMILES string of the molecule is C=CC1CN2CCC1CC2[C@H](OP(=O)(Oc1ccccc1)Oc1ccccc1)c1ccnc2ccc(OC)cc12. The second kappa shape index (κ2) is 11.5. The molecule has 0 radical (unpaired) electrons. The average molecular weight is 557 g/mol. The summed E-state index contributed by atoms with van der Waals surface area (Å²) in [5.41, 5.74) is 1.67. The molecule has 1 aromatic heterocycles. The van der Waals surface area contributed by atoms with Crippen LogP contribution in [0, 0.1) is 11.8 Å². The lowest BCUT2D eigenvalue weighted by molar-refractivity contribution is -0.0416. The third kappa shape index (κ3) is 5.50. The second-order valence-electron chi connectivity index (χ2n) is 10.3. The van der Waals surface area contributed by atoms with Gasteiger partial charge in [0.2, 0.25) is 0 Å². The molecule has 3 aromatic carbocycles. The van der Waals surface area contributed by atoms with Crippen LogP contribution in [0.25, 0.3) is 10.9 Å². The maximum absolute atomic E-state index is 14.6. The first-order valence-corrected chi connectivity index (χ1v) is 15.1. The minimum Gasteiger partial charge on any atom is -0.497 e. The Kier molecular flexibility index (Phi) is 7.61. The molecule has 0 N–H and O–H groups in total. The number of pyridine rings is 1. The molecule has 206 valence electrons. The number of methoxy groups -OCH3 is 1. The number of phosphoric acid groups is 1. The summed E-state index contributed by atoms with van der Waals surface area (Å²) in [4.78, 5) is 7.01. The first kappa shape index (κ1) is 26.6. The molecule has 0 aliphatic carbocycles. The van der Waals surface area contributed by atoms with E-state index in [1.165, 1.54) is 0 Å². The fourth-order valence-electron chi connectivity index (χ4n) is 5.97. The largest absolute Gasteiger partial charge is 0.588 e. The molecule has 3 aliphatic rings. The van der Waals surface area contributed by atoms with Crippen LogP contribution in [0.5, 0.6) is 17.2 Å². The van der Waals surface area contributed by atoms with Crippen molar-refractivity contribution in [3.8, 4) is 17.2 Å². The van der Waals surface area contributed by atoms with Crippen molar-refractivity contribution in [2.24, 2.45) is 11.8 Å². The van der Waals surface area contributed by atoms with Crippen LogP contribution in [0.4, 0.5) is 0 Å². The van der Waals surface area contributed by atoms with Crippen molar-refractivity contribution < 1.29 is 22.9 Å². The lowest BCUT2D eigenvalue weighted by atomic mass is 9.73. The summed E-state index contributed by atoms with van der Waals surface area (Å²) in [7, 11) is -2.55. The van der Waals surface area contributed by atoms with E-state index in [9.17, 15) is 4.57 Å². The van der Waals surface area contributed by atoms with Gasteiger partial charge in [0.15, 0.2) is 0 Å². The van der Waals surface area contributed by atoms with Crippen molar-refractivity contribution in [3.63, 3.8) is 0 Å². The number of nitrogens with zero attached hydrogens (tertiary/aromatic N) is 2. The number of hydrogen-bond acceptors (Lipinski definition) is 7. The van der Waals surface area contributed by atoms with Crippen molar-refractivity contribution in [2.75, 3.05) is 20.2 Å². The number of phosphoric ester groups is 1. The molecule has 2 bridgehead atoms. The van der Waals surface area contributed by atoms with Crippen LogP contribution in [-0.2, 0) is 9.09 Å². The van der Waals surface area contributed by atoms with Gasteiger partial charge in [0.05, 0.1) is 12.6 Å². The number of piperidine rings is 3. The van der Waals surface area contributed by atoms with Gasteiger partial charge < -0.3 is 13.8 Å². The topological polar surface area (TPSA) is 70.1 Å². The number of aromatic nitrogens is 1. The maximum atomic E-state index is 14.6. The van der Waals surface area contributed by atoms with Crippen LogP contribution < -0.4 is 13.8 Å². The van der Waals surface area contributed by atoms with E-state index in [0.29, 0.717) is 29.1 Å². The van der Waals surface area contributed by atoms with E-state index in [1.54, 1.807) is 37.6 Å². The predicted octanol–water partition coefficient (Wildman–Crippen LogP) is 7.46. The van der Waals surface area contributed by atoms with Crippen molar-refractivity contribution in [2.45, 2.75) is 25.0 Å². The summed E-state index contributed by atoms with van der Waals surface area (Å²) >= 11 is 0. The summed E-state index contributed by atoms with van der Waals surface area (Å²) in [5, 5.41) is 0.876. The number of fused-ring (bicyclic) bond motifs is 4. The molecule has 0 saturated carbocycles. The molecule has 7 rings (SSSR count). The van der Waals surface area contributed by atoms with Gasteiger partial charge >= 0.3 is 7.82 Å². The summed E-state index contributed by atoms with van der Waals surface area (Å²) in [6.45, 7) is 5.90. The molecule has 0 amide bonds. The smallest absolute Gasteiger partial charge is 0.497 e. The Hall–Kier alpha value is -3.64. The molecule has 5 atom stereocenters. The van der Waals surface area contributed by atoms with Gasteiger partial charge in [-0.25, -0.2) is 4.57 Å². The Labute approximate surface area is 235 Å². The highest BCUT2D eigenvalue weighted by Crippen LogP contribution is 2.56. The first-order chi connectivity index (χ1) is 19.5. The average Bonchev–Trinajstić information content (AvgIpc) is 3.00. The third-order valence-corrected chi connectivity index (χ3v) is 9.31. The number of para-hydroxylation sites is 2. The number of hydrogen-bond donors (Lipinski definition) is 0. The highest BCUT2D eigenvalue weighted by atomic mass is 31.2. The van der Waals surface area contributed by atoms with Gasteiger partial charge in [-0.15, -0.1) is 6.58 Å². The minimum atomic E-state index is -4.19. The fraction of sp³-hybridized carbons (Fsp3) is 0.281. The molecular weight excluding hydrogens is 523 g/mol. The van der Waals surface area contributed by atoms with Gasteiger partial charge in [-0.05, 0) is 85.3 Å².